The van der Waals surface area contributed by atoms with Crippen molar-refractivity contribution in [3.8, 4) is 11.1 Å². The van der Waals surface area contributed by atoms with Crippen LogP contribution >= 0.6 is 0 Å². The SMILES string of the molecule is CCOC(=O)[C@@H](CO)NCc1cnc(C(=O)Nc2cccc(-c3cccc(NC(=O)c4cc(C5CC5)c(CN5CCCC[C@H]5C(=O)O)cn4)c3C)c2C)cc1C1CC1. The Labute approximate surface area is 338 Å². The first-order valence-electron chi connectivity index (χ1n) is 20.3. The number of carbonyl (C=O) groups is 4. The highest BCUT2D eigenvalue weighted by atomic mass is 16.5. The Hall–Kier alpha value is -5.50. The lowest BCUT2D eigenvalue weighted by molar-refractivity contribution is -0.147. The van der Waals surface area contributed by atoms with Gasteiger partial charge >= 0.3 is 11.9 Å². The summed E-state index contributed by atoms with van der Waals surface area (Å²) in [6.07, 6.45) is 9.99. The van der Waals surface area contributed by atoms with Crippen LogP contribution in [0.3, 0.4) is 0 Å². The molecular weight excluding hydrogens is 737 g/mol. The van der Waals surface area contributed by atoms with E-state index in [2.05, 4.69) is 25.9 Å². The second kappa shape index (κ2) is 18.0. The summed E-state index contributed by atoms with van der Waals surface area (Å²) in [5.74, 6) is -1.33. The fraction of sp³-hybridized carbons (Fsp3) is 0.422. The Morgan fingerprint density at radius 3 is 1.88 bits per heavy atom. The van der Waals surface area contributed by atoms with Crippen molar-refractivity contribution < 1.29 is 34.1 Å². The molecule has 0 spiro atoms. The molecule has 1 aliphatic heterocycles. The number of amides is 2. The van der Waals surface area contributed by atoms with Crippen LogP contribution in [0.2, 0.25) is 0 Å². The largest absolute Gasteiger partial charge is 0.480 e. The smallest absolute Gasteiger partial charge is 0.325 e. The number of carboxylic acid groups (broad SMARTS) is 1. The molecule has 3 heterocycles. The average Bonchev–Trinajstić information content (AvgIpc) is 4.16. The van der Waals surface area contributed by atoms with Gasteiger partial charge in [-0.1, -0.05) is 30.7 Å². The predicted molar refractivity (Wildman–Crippen MR) is 220 cm³/mol. The minimum absolute atomic E-state index is 0.220. The number of ether oxygens (including phenoxy) is 1. The van der Waals surface area contributed by atoms with Crippen LogP contribution < -0.4 is 16.0 Å². The molecule has 2 aromatic heterocycles. The minimum Gasteiger partial charge on any atom is -0.480 e. The molecule has 13 nitrogen and oxygen atoms in total. The van der Waals surface area contributed by atoms with Crippen LogP contribution in [0.25, 0.3) is 11.1 Å². The molecule has 58 heavy (non-hydrogen) atoms. The molecule has 0 radical (unpaired) electrons. The van der Waals surface area contributed by atoms with Gasteiger partial charge in [-0.3, -0.25) is 39.4 Å². The van der Waals surface area contributed by atoms with Crippen LogP contribution in [0.1, 0.15) is 118 Å². The molecule has 7 rings (SSSR count). The number of aliphatic hydroxyl groups excluding tert-OH is 1. The van der Waals surface area contributed by atoms with Gasteiger partial charge in [-0.25, -0.2) is 0 Å². The quantitative estimate of drug-likeness (QED) is 0.0785. The Kier molecular flexibility index (Phi) is 12.6. The zero-order valence-electron chi connectivity index (χ0n) is 33.3. The van der Waals surface area contributed by atoms with Gasteiger partial charge in [-0.15, -0.1) is 0 Å². The first-order valence-corrected chi connectivity index (χ1v) is 20.3. The van der Waals surface area contributed by atoms with Crippen molar-refractivity contribution in [3.05, 3.63) is 106 Å². The van der Waals surface area contributed by atoms with Crippen molar-refractivity contribution in [2.24, 2.45) is 0 Å². The van der Waals surface area contributed by atoms with Crippen molar-refractivity contribution in [1.82, 2.24) is 20.2 Å². The number of benzene rings is 2. The second-order valence-electron chi connectivity index (χ2n) is 15.6. The third-order valence-corrected chi connectivity index (χ3v) is 11.6. The maximum atomic E-state index is 13.7. The molecule has 4 aromatic rings. The van der Waals surface area contributed by atoms with Crippen molar-refractivity contribution in [1.29, 1.82) is 0 Å². The van der Waals surface area contributed by atoms with E-state index in [0.717, 1.165) is 89.6 Å². The topological polar surface area (TPSA) is 183 Å². The van der Waals surface area contributed by atoms with Crippen LogP contribution in [-0.2, 0) is 27.4 Å². The average molecular weight is 789 g/mol. The number of carbonyl (C=O) groups excluding carboxylic acids is 3. The van der Waals surface area contributed by atoms with Crippen molar-refractivity contribution >= 4 is 35.1 Å². The van der Waals surface area contributed by atoms with E-state index in [1.807, 2.05) is 67.3 Å². The fourth-order valence-corrected chi connectivity index (χ4v) is 7.95. The van der Waals surface area contributed by atoms with Crippen LogP contribution in [0, 0.1) is 13.8 Å². The number of hydrogen-bond acceptors (Lipinski definition) is 10. The maximum Gasteiger partial charge on any atom is 0.325 e. The fourth-order valence-electron chi connectivity index (χ4n) is 7.95. The molecular formula is C45H52N6O7. The Morgan fingerprint density at radius 1 is 0.810 bits per heavy atom. The first-order chi connectivity index (χ1) is 28.1. The van der Waals surface area contributed by atoms with Crippen LogP contribution in [0.5, 0.6) is 0 Å². The number of hydrogen-bond donors (Lipinski definition) is 5. The van der Waals surface area contributed by atoms with Crippen molar-refractivity contribution in [3.63, 3.8) is 0 Å². The Morgan fingerprint density at radius 2 is 1.36 bits per heavy atom. The molecule has 2 saturated carbocycles. The van der Waals surface area contributed by atoms with Gasteiger partial charge in [0, 0.05) is 36.9 Å². The van der Waals surface area contributed by atoms with E-state index < -0.39 is 30.6 Å². The molecule has 2 amide bonds. The number of anilines is 2. The highest BCUT2D eigenvalue weighted by molar-refractivity contribution is 6.05. The number of pyridine rings is 2. The summed E-state index contributed by atoms with van der Waals surface area (Å²) < 4.78 is 5.05. The predicted octanol–water partition coefficient (Wildman–Crippen LogP) is 6.47. The number of carboxylic acids is 1. The molecule has 13 heteroatoms. The van der Waals surface area contributed by atoms with E-state index in [4.69, 9.17) is 4.74 Å². The summed E-state index contributed by atoms with van der Waals surface area (Å²) in [4.78, 5) is 62.5. The zero-order valence-corrected chi connectivity index (χ0v) is 33.3. The normalized spacial score (nSPS) is 17.3. The van der Waals surface area contributed by atoms with Gasteiger partial charge in [0.2, 0.25) is 0 Å². The van der Waals surface area contributed by atoms with Gasteiger partial charge in [0.25, 0.3) is 11.8 Å². The molecule has 3 aliphatic rings. The molecule has 304 valence electrons. The van der Waals surface area contributed by atoms with Crippen molar-refractivity contribution in [2.45, 2.75) is 103 Å². The zero-order chi connectivity index (χ0) is 40.9. The highest BCUT2D eigenvalue weighted by Crippen LogP contribution is 2.43. The second-order valence-corrected chi connectivity index (χ2v) is 15.6. The van der Waals surface area contributed by atoms with E-state index >= 15 is 0 Å². The summed E-state index contributed by atoms with van der Waals surface area (Å²) in [5.41, 5.74) is 9.30. The van der Waals surface area contributed by atoms with E-state index in [1.165, 1.54) is 0 Å². The molecule has 0 bridgehead atoms. The summed E-state index contributed by atoms with van der Waals surface area (Å²) >= 11 is 0. The molecule has 2 aromatic carbocycles. The summed E-state index contributed by atoms with van der Waals surface area (Å²) in [5, 5.41) is 28.7. The number of nitrogens with zero attached hydrogens (tertiary/aromatic N) is 3. The molecule has 3 fully saturated rings. The van der Waals surface area contributed by atoms with Gasteiger partial charge in [0.05, 0.1) is 13.2 Å². The molecule has 5 N–H and O–H groups in total. The summed E-state index contributed by atoms with van der Waals surface area (Å²) in [6, 6.07) is 13.8. The molecule has 2 aliphatic carbocycles. The third kappa shape index (κ3) is 9.28. The number of aliphatic carboxylic acids is 1. The minimum atomic E-state index is -0.854. The first kappa shape index (κ1) is 40.7. The van der Waals surface area contributed by atoms with E-state index in [9.17, 15) is 29.4 Å². The molecule has 0 unspecified atom stereocenters. The van der Waals surface area contributed by atoms with Crippen LogP contribution in [0.4, 0.5) is 11.4 Å². The van der Waals surface area contributed by atoms with Gasteiger partial charge in [-0.2, -0.15) is 0 Å². The van der Waals surface area contributed by atoms with Gasteiger partial charge in [-0.05, 0) is 146 Å². The van der Waals surface area contributed by atoms with Crippen LogP contribution in [-0.4, -0.2) is 80.7 Å². The number of likely N-dealkylation sites (tertiary alicyclic amines) is 1. The van der Waals surface area contributed by atoms with E-state index in [0.29, 0.717) is 48.4 Å². The number of esters is 1. The van der Waals surface area contributed by atoms with E-state index in [1.54, 1.807) is 19.3 Å². The number of rotatable bonds is 16. The lowest BCUT2D eigenvalue weighted by Gasteiger charge is -2.33. The van der Waals surface area contributed by atoms with Gasteiger partial charge < -0.3 is 25.6 Å². The number of aliphatic hydroxyl groups is 1. The third-order valence-electron chi connectivity index (χ3n) is 11.6. The lowest BCUT2D eigenvalue weighted by Crippen LogP contribution is -2.44. The maximum absolute atomic E-state index is 13.7. The van der Waals surface area contributed by atoms with Gasteiger partial charge in [0.15, 0.2) is 0 Å². The molecule has 1 saturated heterocycles. The number of piperidine rings is 1. The molecule has 2 atom stereocenters. The highest BCUT2D eigenvalue weighted by Gasteiger charge is 2.33. The van der Waals surface area contributed by atoms with Gasteiger partial charge in [0.1, 0.15) is 23.5 Å². The summed E-state index contributed by atoms with van der Waals surface area (Å²) in [7, 11) is 0. The lowest BCUT2D eigenvalue weighted by atomic mass is 9.94. The van der Waals surface area contributed by atoms with Crippen LogP contribution in [0.15, 0.2) is 60.9 Å². The standard InChI is InChI=1S/C45H52N6O7/c1-4-58-45(57)40(25-52)48-22-30-21-46-38(19-34(30)28-14-15-28)42(53)49-36-11-7-9-32(26(36)2)33-10-8-12-37(27(33)3)50-43(54)39-20-35(29-16-17-29)31(23-47-39)24-51-18-6-5-13-41(51)44(55)56/h7-12,19-21,23,28-29,40-41,48,52H,4-6,13-18,22,24-25H2,1-3H3,(H,49,53)(H,50,54)(H,55,56)/t40-,41+/m1/s1. The Bertz CT molecular complexity index is 2200. The van der Waals surface area contributed by atoms with E-state index in [-0.39, 0.29) is 24.1 Å². The number of aromatic nitrogens is 2. The Balaban J connectivity index is 1.05. The summed E-state index contributed by atoms with van der Waals surface area (Å²) in [6.45, 7) is 6.97. The monoisotopic (exact) mass is 788 g/mol. The van der Waals surface area contributed by atoms with Crippen molar-refractivity contribution in [2.75, 3.05) is 30.4 Å². The number of nitrogens with one attached hydrogen (secondary N) is 3.